The Morgan fingerprint density at radius 1 is 1.11 bits per heavy atom. The molecule has 2 rings (SSSR count). The number of halogens is 1. The molecule has 144 valence electrons. The van der Waals surface area contributed by atoms with Gasteiger partial charge in [-0.2, -0.15) is 0 Å². The molecular formula is C21H25ClN2O3. The van der Waals surface area contributed by atoms with Gasteiger partial charge in [-0.25, -0.2) is 0 Å². The summed E-state index contributed by atoms with van der Waals surface area (Å²) in [7, 11) is 0. The molecule has 0 spiro atoms. The summed E-state index contributed by atoms with van der Waals surface area (Å²) >= 11 is 5.96. The van der Waals surface area contributed by atoms with Crippen LogP contribution in [0.2, 0.25) is 5.02 Å². The van der Waals surface area contributed by atoms with Crippen LogP contribution in [0.5, 0.6) is 5.75 Å². The van der Waals surface area contributed by atoms with Gasteiger partial charge in [-0.05, 0) is 43.2 Å². The van der Waals surface area contributed by atoms with Crippen molar-refractivity contribution in [3.63, 3.8) is 0 Å². The number of nitrogens with one attached hydrogen (secondary N) is 2. The molecular weight excluding hydrogens is 364 g/mol. The van der Waals surface area contributed by atoms with Crippen molar-refractivity contribution in [3.8, 4) is 5.75 Å². The normalized spacial score (nSPS) is 11.5. The maximum Gasteiger partial charge on any atom is 0.265 e. The van der Waals surface area contributed by atoms with Crippen molar-refractivity contribution in [1.82, 2.24) is 5.32 Å². The number of rotatable bonds is 9. The Bertz CT molecular complexity index is 780. The third-order valence-corrected chi connectivity index (χ3v) is 4.22. The highest BCUT2D eigenvalue weighted by Crippen LogP contribution is 2.21. The van der Waals surface area contributed by atoms with Crippen molar-refractivity contribution in [2.45, 2.75) is 39.2 Å². The smallest absolute Gasteiger partial charge is 0.265 e. The van der Waals surface area contributed by atoms with E-state index in [0.29, 0.717) is 35.0 Å². The Hall–Kier alpha value is -2.53. The molecule has 0 heterocycles. The maximum atomic E-state index is 12.7. The number of anilines is 1. The number of hydrogen-bond acceptors (Lipinski definition) is 3. The number of amides is 2. The van der Waals surface area contributed by atoms with Crippen LogP contribution in [-0.4, -0.2) is 24.5 Å². The number of ether oxygens (including phenoxy) is 1. The summed E-state index contributed by atoms with van der Waals surface area (Å²) in [6.07, 6.45) is 1.69. The van der Waals surface area contributed by atoms with Gasteiger partial charge >= 0.3 is 0 Å². The van der Waals surface area contributed by atoms with E-state index in [1.165, 1.54) is 0 Å². The minimum absolute atomic E-state index is 0.205. The Balaban J connectivity index is 2.08. The van der Waals surface area contributed by atoms with Gasteiger partial charge in [0.2, 0.25) is 0 Å². The van der Waals surface area contributed by atoms with Gasteiger partial charge in [0, 0.05) is 11.6 Å². The van der Waals surface area contributed by atoms with Crippen LogP contribution in [-0.2, 0) is 4.79 Å². The monoisotopic (exact) mass is 388 g/mol. The van der Waals surface area contributed by atoms with Crippen LogP contribution < -0.4 is 15.4 Å². The summed E-state index contributed by atoms with van der Waals surface area (Å²) in [6.45, 7) is 4.52. The van der Waals surface area contributed by atoms with Crippen molar-refractivity contribution >= 4 is 29.1 Å². The quantitative estimate of drug-likeness (QED) is 0.613. The zero-order valence-corrected chi connectivity index (χ0v) is 16.4. The summed E-state index contributed by atoms with van der Waals surface area (Å²) in [5, 5.41) is 6.22. The highest BCUT2D eigenvalue weighted by Gasteiger charge is 2.21. The van der Waals surface area contributed by atoms with E-state index in [4.69, 9.17) is 16.3 Å². The minimum atomic E-state index is -0.695. The van der Waals surface area contributed by atoms with Crippen LogP contribution in [0.4, 0.5) is 5.69 Å². The molecule has 1 atom stereocenters. The molecule has 2 N–H and O–H groups in total. The summed E-state index contributed by atoms with van der Waals surface area (Å²) in [6, 6.07) is 13.8. The number of carbonyl (C=O) groups excluding carboxylic acids is 2. The number of carbonyl (C=O) groups is 2. The van der Waals surface area contributed by atoms with Gasteiger partial charge in [0.25, 0.3) is 11.8 Å². The molecule has 0 fully saturated rings. The molecule has 2 aromatic rings. The van der Waals surface area contributed by atoms with Crippen molar-refractivity contribution in [2.24, 2.45) is 0 Å². The average Bonchev–Trinajstić information content (AvgIpc) is 2.66. The lowest BCUT2D eigenvalue weighted by Gasteiger charge is -2.18. The first-order valence-corrected chi connectivity index (χ1v) is 9.53. The fraction of sp³-hybridized carbons (Fsp3) is 0.333. The standard InChI is InChI=1S/C21H25ClN2O3/c1-3-5-13-23-20(25)17-11-6-7-12-18(17)24-21(26)19(4-2)27-16-10-8-9-15(22)14-16/h6-12,14,19H,3-5,13H2,1-2H3,(H,23,25)(H,24,26). The lowest BCUT2D eigenvalue weighted by Crippen LogP contribution is -2.33. The first kappa shape index (κ1) is 20.8. The molecule has 0 bridgehead atoms. The van der Waals surface area contributed by atoms with Gasteiger partial charge in [-0.15, -0.1) is 0 Å². The first-order valence-electron chi connectivity index (χ1n) is 9.15. The van der Waals surface area contributed by atoms with Crippen molar-refractivity contribution in [2.75, 3.05) is 11.9 Å². The van der Waals surface area contributed by atoms with E-state index in [-0.39, 0.29) is 11.8 Å². The van der Waals surface area contributed by atoms with E-state index in [0.717, 1.165) is 12.8 Å². The summed E-state index contributed by atoms with van der Waals surface area (Å²) in [5.74, 6) is 0.00420. The van der Waals surface area contributed by atoms with Crippen molar-refractivity contribution in [3.05, 3.63) is 59.1 Å². The first-order chi connectivity index (χ1) is 13.0. The number of hydrogen-bond donors (Lipinski definition) is 2. The molecule has 0 aliphatic rings. The molecule has 0 saturated carbocycles. The molecule has 6 heteroatoms. The molecule has 0 radical (unpaired) electrons. The number of para-hydroxylation sites is 1. The van der Waals surface area contributed by atoms with Crippen molar-refractivity contribution in [1.29, 1.82) is 0 Å². The molecule has 2 aromatic carbocycles. The molecule has 0 aliphatic carbocycles. The largest absolute Gasteiger partial charge is 0.481 e. The third-order valence-electron chi connectivity index (χ3n) is 3.98. The molecule has 1 unspecified atom stereocenters. The minimum Gasteiger partial charge on any atom is -0.481 e. The molecule has 0 aromatic heterocycles. The second-order valence-corrected chi connectivity index (χ2v) is 6.55. The molecule has 0 saturated heterocycles. The molecule has 27 heavy (non-hydrogen) atoms. The second-order valence-electron chi connectivity index (χ2n) is 6.12. The van der Waals surface area contributed by atoms with Crippen LogP contribution in [0.1, 0.15) is 43.5 Å². The molecule has 0 aliphatic heterocycles. The predicted octanol–water partition coefficient (Wildman–Crippen LogP) is 4.67. The van der Waals surface area contributed by atoms with Gasteiger partial charge in [0.1, 0.15) is 5.75 Å². The van der Waals surface area contributed by atoms with Gasteiger partial charge in [0.15, 0.2) is 6.10 Å². The van der Waals surface area contributed by atoms with E-state index in [1.54, 1.807) is 48.5 Å². The lowest BCUT2D eigenvalue weighted by molar-refractivity contribution is -0.122. The summed E-state index contributed by atoms with van der Waals surface area (Å²) < 4.78 is 5.76. The van der Waals surface area contributed by atoms with Gasteiger partial charge in [0.05, 0.1) is 11.3 Å². The molecule has 2 amide bonds. The fourth-order valence-corrected chi connectivity index (χ4v) is 2.68. The van der Waals surface area contributed by atoms with Crippen LogP contribution in [0.15, 0.2) is 48.5 Å². The summed E-state index contributed by atoms with van der Waals surface area (Å²) in [4.78, 5) is 25.0. The van der Waals surface area contributed by atoms with Crippen LogP contribution in [0.25, 0.3) is 0 Å². The Morgan fingerprint density at radius 2 is 1.89 bits per heavy atom. The highest BCUT2D eigenvalue weighted by molar-refractivity contribution is 6.30. The van der Waals surface area contributed by atoms with Gasteiger partial charge < -0.3 is 15.4 Å². The Morgan fingerprint density at radius 3 is 2.59 bits per heavy atom. The third kappa shape index (κ3) is 6.29. The zero-order valence-electron chi connectivity index (χ0n) is 15.6. The SMILES string of the molecule is CCCCNC(=O)c1ccccc1NC(=O)C(CC)Oc1cccc(Cl)c1. The van der Waals surface area contributed by atoms with Crippen LogP contribution in [0, 0.1) is 0 Å². The lowest BCUT2D eigenvalue weighted by atomic mass is 10.1. The topological polar surface area (TPSA) is 67.4 Å². The Kier molecular flexibility index (Phi) is 8.14. The molecule has 5 nitrogen and oxygen atoms in total. The van der Waals surface area contributed by atoms with Gasteiger partial charge in [-0.3, -0.25) is 9.59 Å². The summed E-state index contributed by atoms with van der Waals surface area (Å²) in [5.41, 5.74) is 0.893. The fourth-order valence-electron chi connectivity index (χ4n) is 2.50. The Labute approximate surface area is 165 Å². The van der Waals surface area contributed by atoms with E-state index >= 15 is 0 Å². The second kappa shape index (κ2) is 10.6. The van der Waals surface area contributed by atoms with Crippen LogP contribution in [0.3, 0.4) is 0 Å². The van der Waals surface area contributed by atoms with Gasteiger partial charge in [-0.1, -0.05) is 50.1 Å². The number of unbranched alkanes of at least 4 members (excludes halogenated alkanes) is 1. The zero-order chi connectivity index (χ0) is 19.6. The van der Waals surface area contributed by atoms with E-state index in [2.05, 4.69) is 17.6 Å². The average molecular weight is 389 g/mol. The predicted molar refractivity (Wildman–Crippen MR) is 108 cm³/mol. The van der Waals surface area contributed by atoms with E-state index < -0.39 is 6.10 Å². The maximum absolute atomic E-state index is 12.7. The van der Waals surface area contributed by atoms with Crippen molar-refractivity contribution < 1.29 is 14.3 Å². The van der Waals surface area contributed by atoms with Crippen LogP contribution >= 0.6 is 11.6 Å². The van der Waals surface area contributed by atoms with E-state index in [1.807, 2.05) is 6.92 Å². The van der Waals surface area contributed by atoms with E-state index in [9.17, 15) is 9.59 Å². The number of benzene rings is 2. The highest BCUT2D eigenvalue weighted by atomic mass is 35.5.